The Labute approximate surface area is 177 Å². The van der Waals surface area contributed by atoms with Crippen molar-refractivity contribution in [1.82, 2.24) is 9.62 Å². The molecule has 7 nitrogen and oxygen atoms in total. The lowest BCUT2D eigenvalue weighted by Crippen LogP contribution is -2.45. The van der Waals surface area contributed by atoms with Gasteiger partial charge >= 0.3 is 11.8 Å². The van der Waals surface area contributed by atoms with Gasteiger partial charge in [-0.2, -0.15) is 4.31 Å². The van der Waals surface area contributed by atoms with Crippen molar-refractivity contribution in [2.45, 2.75) is 44.6 Å². The van der Waals surface area contributed by atoms with Crippen LogP contribution in [0, 0.1) is 20.8 Å². The Morgan fingerprint density at radius 3 is 2.37 bits per heavy atom. The third kappa shape index (κ3) is 4.88. The molecule has 0 bridgehead atoms. The summed E-state index contributed by atoms with van der Waals surface area (Å²) in [5.41, 5.74) is 3.63. The number of carbonyl (C=O) groups is 2. The Bertz CT molecular complexity index is 1050. The maximum Gasteiger partial charge on any atom is 0.313 e. The molecule has 0 radical (unpaired) electrons. The largest absolute Gasteiger partial charge is 0.346 e. The quantitative estimate of drug-likeness (QED) is 0.714. The lowest BCUT2D eigenvalue weighted by atomic mass is 10.1. The first-order valence-corrected chi connectivity index (χ1v) is 11.4. The molecule has 160 valence electrons. The minimum atomic E-state index is -3.65. The smallest absolute Gasteiger partial charge is 0.313 e. The van der Waals surface area contributed by atoms with Crippen LogP contribution in [0.4, 0.5) is 5.69 Å². The van der Waals surface area contributed by atoms with E-state index in [0.717, 1.165) is 16.7 Å². The first-order valence-electron chi connectivity index (χ1n) is 9.93. The van der Waals surface area contributed by atoms with E-state index in [0.29, 0.717) is 25.1 Å². The van der Waals surface area contributed by atoms with Gasteiger partial charge in [0.1, 0.15) is 0 Å². The Balaban J connectivity index is 1.61. The van der Waals surface area contributed by atoms with Crippen LogP contribution in [0.15, 0.2) is 47.4 Å². The Morgan fingerprint density at radius 2 is 1.70 bits per heavy atom. The number of benzene rings is 2. The van der Waals surface area contributed by atoms with E-state index in [9.17, 15) is 18.0 Å². The zero-order valence-electron chi connectivity index (χ0n) is 17.4. The van der Waals surface area contributed by atoms with Gasteiger partial charge in [0.2, 0.25) is 10.0 Å². The average molecular weight is 430 g/mol. The van der Waals surface area contributed by atoms with E-state index < -0.39 is 21.8 Å². The molecular formula is C22H27N3O4S. The summed E-state index contributed by atoms with van der Waals surface area (Å²) in [4.78, 5) is 24.7. The van der Waals surface area contributed by atoms with Gasteiger partial charge in [-0.25, -0.2) is 8.42 Å². The van der Waals surface area contributed by atoms with Gasteiger partial charge in [-0.15, -0.1) is 0 Å². The van der Waals surface area contributed by atoms with Crippen molar-refractivity contribution in [2.24, 2.45) is 0 Å². The lowest BCUT2D eigenvalue weighted by Gasteiger charge is -2.24. The Kier molecular flexibility index (Phi) is 6.58. The Morgan fingerprint density at radius 1 is 1.00 bits per heavy atom. The van der Waals surface area contributed by atoms with Gasteiger partial charge in [-0.1, -0.05) is 23.8 Å². The molecule has 2 aromatic rings. The zero-order chi connectivity index (χ0) is 21.9. The average Bonchev–Trinajstić information content (AvgIpc) is 3.19. The van der Waals surface area contributed by atoms with Crippen LogP contribution in [0.5, 0.6) is 0 Å². The molecule has 1 fully saturated rings. The van der Waals surface area contributed by atoms with E-state index in [1.165, 1.54) is 4.31 Å². The van der Waals surface area contributed by atoms with E-state index in [-0.39, 0.29) is 17.5 Å². The number of nitrogens with zero attached hydrogens (tertiary/aromatic N) is 1. The molecule has 30 heavy (non-hydrogen) atoms. The molecular weight excluding hydrogens is 402 g/mol. The molecule has 0 aromatic heterocycles. The van der Waals surface area contributed by atoms with E-state index in [1.54, 1.807) is 36.4 Å². The second-order valence-electron chi connectivity index (χ2n) is 7.69. The maximum atomic E-state index is 13.0. The molecule has 2 amide bonds. The fourth-order valence-corrected chi connectivity index (χ4v) is 5.17. The summed E-state index contributed by atoms with van der Waals surface area (Å²) in [6.45, 7) is 6.27. The van der Waals surface area contributed by atoms with E-state index in [4.69, 9.17) is 0 Å². The number of hydrogen-bond acceptors (Lipinski definition) is 4. The molecule has 1 atom stereocenters. The molecule has 2 N–H and O–H groups in total. The van der Waals surface area contributed by atoms with Crippen LogP contribution in [0.1, 0.15) is 29.5 Å². The number of amides is 2. The number of anilines is 1. The minimum Gasteiger partial charge on any atom is -0.346 e. The molecule has 8 heteroatoms. The predicted molar refractivity (Wildman–Crippen MR) is 116 cm³/mol. The fourth-order valence-electron chi connectivity index (χ4n) is 3.47. The van der Waals surface area contributed by atoms with Crippen LogP contribution in [0.3, 0.4) is 0 Å². The van der Waals surface area contributed by atoms with Gasteiger partial charge in [0.25, 0.3) is 0 Å². The summed E-state index contributed by atoms with van der Waals surface area (Å²) in [6, 6.07) is 11.7. The number of aryl methyl sites for hydroxylation is 3. The highest BCUT2D eigenvalue weighted by molar-refractivity contribution is 7.89. The van der Waals surface area contributed by atoms with Crippen molar-refractivity contribution in [3.05, 3.63) is 59.2 Å². The molecule has 1 saturated heterocycles. The highest BCUT2D eigenvalue weighted by Gasteiger charge is 2.35. The van der Waals surface area contributed by atoms with Gasteiger partial charge < -0.3 is 10.6 Å². The maximum absolute atomic E-state index is 13.0. The zero-order valence-corrected chi connectivity index (χ0v) is 18.3. The molecule has 3 rings (SSSR count). The van der Waals surface area contributed by atoms with Crippen LogP contribution in [-0.2, 0) is 19.6 Å². The van der Waals surface area contributed by atoms with Gasteiger partial charge in [0, 0.05) is 24.8 Å². The second-order valence-corrected chi connectivity index (χ2v) is 9.58. The first kappa shape index (κ1) is 22.0. The SMILES string of the molecule is Cc1ccc(S(=O)(=O)N2CCCC2CNC(=O)C(=O)Nc2ccc(C)c(C)c2)cc1. The number of rotatable bonds is 5. The number of hydrogen-bond donors (Lipinski definition) is 2. The van der Waals surface area contributed by atoms with Crippen LogP contribution in [0.25, 0.3) is 0 Å². The van der Waals surface area contributed by atoms with Crippen LogP contribution in [-0.4, -0.2) is 43.7 Å². The molecule has 1 unspecified atom stereocenters. The van der Waals surface area contributed by atoms with Crippen molar-refractivity contribution < 1.29 is 18.0 Å². The molecule has 1 heterocycles. The van der Waals surface area contributed by atoms with E-state index >= 15 is 0 Å². The molecule has 0 saturated carbocycles. The lowest BCUT2D eigenvalue weighted by molar-refractivity contribution is -0.136. The van der Waals surface area contributed by atoms with Crippen LogP contribution in [0.2, 0.25) is 0 Å². The highest BCUT2D eigenvalue weighted by atomic mass is 32.2. The normalized spacial score (nSPS) is 17.0. The summed E-state index contributed by atoms with van der Waals surface area (Å²) in [6.07, 6.45) is 1.34. The van der Waals surface area contributed by atoms with Crippen LogP contribution >= 0.6 is 0 Å². The van der Waals surface area contributed by atoms with Crippen molar-refractivity contribution in [3.8, 4) is 0 Å². The summed E-state index contributed by atoms with van der Waals surface area (Å²) in [5, 5.41) is 5.15. The number of sulfonamides is 1. The van der Waals surface area contributed by atoms with E-state index in [2.05, 4.69) is 10.6 Å². The van der Waals surface area contributed by atoms with Gasteiger partial charge in [0.05, 0.1) is 4.90 Å². The summed E-state index contributed by atoms with van der Waals surface area (Å²) in [7, 11) is -3.65. The number of nitrogens with one attached hydrogen (secondary N) is 2. The van der Waals surface area contributed by atoms with Gasteiger partial charge in [-0.3, -0.25) is 9.59 Å². The molecule has 2 aromatic carbocycles. The Hall–Kier alpha value is -2.71. The second kappa shape index (κ2) is 8.97. The van der Waals surface area contributed by atoms with Crippen molar-refractivity contribution >= 4 is 27.5 Å². The summed E-state index contributed by atoms with van der Waals surface area (Å²) >= 11 is 0. The molecule has 0 spiro atoms. The summed E-state index contributed by atoms with van der Waals surface area (Å²) < 4.78 is 27.4. The number of carbonyl (C=O) groups excluding carboxylic acids is 2. The fraction of sp³-hybridized carbons (Fsp3) is 0.364. The van der Waals surface area contributed by atoms with Crippen molar-refractivity contribution in [2.75, 3.05) is 18.4 Å². The first-order chi connectivity index (χ1) is 14.2. The van der Waals surface area contributed by atoms with Crippen LogP contribution < -0.4 is 10.6 Å². The topological polar surface area (TPSA) is 95.6 Å². The van der Waals surface area contributed by atoms with Gasteiger partial charge in [-0.05, 0) is 69.0 Å². The third-order valence-electron chi connectivity index (χ3n) is 5.42. The summed E-state index contributed by atoms with van der Waals surface area (Å²) in [5.74, 6) is -1.56. The van der Waals surface area contributed by atoms with Crippen molar-refractivity contribution in [1.29, 1.82) is 0 Å². The predicted octanol–water partition coefficient (Wildman–Crippen LogP) is 2.52. The molecule has 0 aliphatic carbocycles. The van der Waals surface area contributed by atoms with Crippen molar-refractivity contribution in [3.63, 3.8) is 0 Å². The molecule has 1 aliphatic heterocycles. The minimum absolute atomic E-state index is 0.0876. The van der Waals surface area contributed by atoms with Gasteiger partial charge in [0.15, 0.2) is 0 Å². The molecule has 1 aliphatic rings. The third-order valence-corrected chi connectivity index (χ3v) is 7.39. The highest BCUT2D eigenvalue weighted by Crippen LogP contribution is 2.26. The van der Waals surface area contributed by atoms with E-state index in [1.807, 2.05) is 26.8 Å². The standard InChI is InChI=1S/C22H27N3O4S/c1-15-6-10-20(11-7-15)30(28,29)25-12-4-5-19(25)14-23-21(26)22(27)24-18-9-8-16(2)17(3)13-18/h6-11,13,19H,4-5,12,14H2,1-3H3,(H,23,26)(H,24,27). The monoisotopic (exact) mass is 429 g/mol.